The largest absolute Gasteiger partial charge is 0.481 e. The molecular formula is C44H59BN21O. The van der Waals surface area contributed by atoms with Crippen molar-refractivity contribution >= 4 is 88.8 Å². The third-order valence-electron chi connectivity index (χ3n) is 10.9. The summed E-state index contributed by atoms with van der Waals surface area (Å²) in [4.78, 5) is 42.5. The molecule has 349 valence electrons. The minimum atomic E-state index is 0. The van der Waals surface area contributed by atoms with Gasteiger partial charge in [0, 0.05) is 102 Å². The van der Waals surface area contributed by atoms with E-state index in [1.54, 1.807) is 63.9 Å². The van der Waals surface area contributed by atoms with Gasteiger partial charge in [-0.1, -0.05) is 7.43 Å². The maximum atomic E-state index is 6.51. The van der Waals surface area contributed by atoms with Gasteiger partial charge in [-0.2, -0.15) is 33.8 Å². The number of hydrogen-bond donors (Lipinski definition) is 3. The molecule has 0 aromatic carbocycles. The van der Waals surface area contributed by atoms with E-state index < -0.39 is 0 Å². The minimum Gasteiger partial charge on any atom is -0.481 e. The lowest BCUT2D eigenvalue weighted by atomic mass is 10.2. The number of rotatable bonds is 7. The van der Waals surface area contributed by atoms with E-state index in [4.69, 9.17) is 36.9 Å². The van der Waals surface area contributed by atoms with Crippen LogP contribution in [-0.4, -0.2) is 155 Å². The van der Waals surface area contributed by atoms with E-state index in [2.05, 4.69) is 45.0 Å². The van der Waals surface area contributed by atoms with Crippen molar-refractivity contribution in [2.45, 2.75) is 33.1 Å². The number of amidine groups is 2. The number of nitrogens with zero attached hydrogens (tertiary/aromatic N) is 18. The summed E-state index contributed by atoms with van der Waals surface area (Å²) in [5, 5.41) is 13.2. The molecule has 67 heavy (non-hydrogen) atoms. The normalized spacial score (nSPS) is 15.6. The quantitative estimate of drug-likeness (QED) is 0.192. The van der Waals surface area contributed by atoms with Crippen molar-refractivity contribution in [2.24, 2.45) is 20.7 Å². The van der Waals surface area contributed by atoms with E-state index in [0.29, 0.717) is 63.0 Å². The number of nitrogens with two attached hydrogens (primary N) is 3. The maximum Gasteiger partial charge on any atom is 0.215 e. The predicted molar refractivity (Wildman–Crippen MR) is 270 cm³/mol. The van der Waals surface area contributed by atoms with E-state index >= 15 is 0 Å². The number of aromatic nitrogens is 10. The van der Waals surface area contributed by atoms with Crippen LogP contribution < -0.4 is 41.5 Å². The molecule has 0 atom stereocenters. The van der Waals surface area contributed by atoms with Gasteiger partial charge in [-0.3, -0.25) is 0 Å². The molecule has 0 bridgehead atoms. The van der Waals surface area contributed by atoms with Crippen molar-refractivity contribution in [3.8, 4) is 5.88 Å². The van der Waals surface area contributed by atoms with Gasteiger partial charge in [0.15, 0.2) is 34.4 Å². The molecule has 0 saturated carbocycles. The van der Waals surface area contributed by atoms with Crippen LogP contribution in [0.3, 0.4) is 0 Å². The zero-order valence-corrected chi connectivity index (χ0v) is 38.4. The first-order valence-corrected chi connectivity index (χ1v) is 21.2. The Balaban J connectivity index is 0.000000208. The number of dihydropyridines is 1. The second-order valence-electron chi connectivity index (χ2n) is 16.1. The van der Waals surface area contributed by atoms with Crippen LogP contribution in [0.25, 0.3) is 16.9 Å². The molecule has 0 aliphatic carbocycles. The van der Waals surface area contributed by atoms with Crippen molar-refractivity contribution in [2.75, 3.05) is 107 Å². The Morgan fingerprint density at radius 1 is 0.597 bits per heavy atom. The fourth-order valence-electron chi connectivity index (χ4n) is 7.63. The average molecular weight is 909 g/mol. The standard InChI is InChI=1S/C25H29N13.C10H15N3O.C8H11N5.CH4.B/c1-34(2)20-7-9-27-24-18(14-29-37(20)24)31-17-13-16(26)23(36-11-5-6-12-36)33-22(17)32-19-15-30-38-21(35(3)4)8-10-28-25(19)38;1-14-9-5-4-8(11)10(12-9)13-6-2-3-7-13;1-12(2)7-3-4-10-8-6(9)5-11-13(7)8;;/h7-10,13-15H,5-6,11-12,26H2,1-4H3;4-5H,2-3,6-7,11H2,1H3;3-5H,9H2,1-2H3;1H4;. The highest BCUT2D eigenvalue weighted by Gasteiger charge is 2.26. The third-order valence-corrected chi connectivity index (χ3v) is 10.9. The van der Waals surface area contributed by atoms with Crippen LogP contribution in [0.5, 0.6) is 5.88 Å². The molecule has 7 aromatic rings. The summed E-state index contributed by atoms with van der Waals surface area (Å²) in [6.07, 6.45) is 16.7. The third kappa shape index (κ3) is 10.1. The van der Waals surface area contributed by atoms with Gasteiger partial charge in [0.2, 0.25) is 5.88 Å². The van der Waals surface area contributed by atoms with Crippen molar-refractivity contribution in [3.63, 3.8) is 0 Å². The van der Waals surface area contributed by atoms with Crippen LogP contribution in [0.1, 0.15) is 33.1 Å². The fourth-order valence-corrected chi connectivity index (χ4v) is 7.63. The monoisotopic (exact) mass is 909 g/mol. The van der Waals surface area contributed by atoms with Crippen molar-refractivity contribution < 1.29 is 4.74 Å². The Hall–Kier alpha value is -7.98. The summed E-state index contributed by atoms with van der Waals surface area (Å²) >= 11 is 0. The minimum absolute atomic E-state index is 0. The van der Waals surface area contributed by atoms with Gasteiger partial charge < -0.3 is 46.4 Å². The number of hydrogen-bond acceptors (Lipinski definition) is 18. The SMILES string of the molecule is C.CN(C)c1ccnc2c(N)cnn12.CN(C)c1ccnc2c(N=C3C=C(N)C(N4CCCC4)=NC3=Nc3cnn4c(N(C)C)ccnc34)cnn12.COc1ccc(N)c(N2CCCC2)n1.[B]. The number of anilines is 6. The van der Waals surface area contributed by atoms with Gasteiger partial charge in [0.25, 0.3) is 0 Å². The van der Waals surface area contributed by atoms with Gasteiger partial charge in [-0.05, 0) is 56.0 Å². The van der Waals surface area contributed by atoms with Gasteiger partial charge in [0.05, 0.1) is 42.8 Å². The van der Waals surface area contributed by atoms with Gasteiger partial charge in [-0.15, -0.1) is 0 Å². The fraction of sp³-hybridized carbons (Fsp3) is 0.364. The van der Waals surface area contributed by atoms with E-state index in [-0.39, 0.29) is 15.8 Å². The molecule has 6 N–H and O–H groups in total. The molecule has 0 spiro atoms. The van der Waals surface area contributed by atoms with Crippen LogP contribution in [0.15, 0.2) is 94.3 Å². The molecule has 22 nitrogen and oxygen atoms in total. The molecule has 2 fully saturated rings. The maximum absolute atomic E-state index is 6.51. The highest BCUT2D eigenvalue weighted by atomic mass is 16.5. The lowest BCUT2D eigenvalue weighted by Crippen LogP contribution is -2.36. The topological polar surface area (TPSA) is 244 Å². The highest BCUT2D eigenvalue weighted by molar-refractivity contribution is 6.50. The van der Waals surface area contributed by atoms with E-state index in [1.807, 2.05) is 87.3 Å². The molecule has 3 aliphatic rings. The first kappa shape index (κ1) is 48.5. The molecule has 0 amide bonds. The van der Waals surface area contributed by atoms with E-state index in [0.717, 1.165) is 68.0 Å². The summed E-state index contributed by atoms with van der Waals surface area (Å²) in [6, 6.07) is 9.32. The summed E-state index contributed by atoms with van der Waals surface area (Å²) in [5.74, 6) is 5.36. The zero-order valence-electron chi connectivity index (χ0n) is 38.4. The Kier molecular flexibility index (Phi) is 15.1. The lowest BCUT2D eigenvalue weighted by molar-refractivity contribution is 0.398. The van der Waals surface area contributed by atoms with Crippen LogP contribution in [-0.2, 0) is 0 Å². The van der Waals surface area contributed by atoms with Gasteiger partial charge in [0.1, 0.15) is 34.5 Å². The molecule has 3 aliphatic heterocycles. The molecule has 7 aromatic heterocycles. The van der Waals surface area contributed by atoms with E-state index in [1.165, 1.54) is 12.8 Å². The van der Waals surface area contributed by atoms with Crippen molar-refractivity contribution in [1.82, 2.24) is 53.7 Å². The molecule has 2 saturated heterocycles. The number of fused-ring (bicyclic) bond motifs is 3. The second-order valence-corrected chi connectivity index (χ2v) is 16.1. The summed E-state index contributed by atoms with van der Waals surface area (Å²) in [7, 11) is 13.3. The van der Waals surface area contributed by atoms with Gasteiger partial charge >= 0.3 is 0 Å². The molecular weight excluding hydrogens is 849 g/mol. The first-order valence-electron chi connectivity index (χ1n) is 21.2. The smallest absolute Gasteiger partial charge is 0.215 e. The van der Waals surface area contributed by atoms with Crippen molar-refractivity contribution in [3.05, 3.63) is 79.3 Å². The number of likely N-dealkylation sites (tertiary alicyclic amines) is 1. The summed E-state index contributed by atoms with van der Waals surface area (Å²) < 4.78 is 10.3. The number of nitrogen functional groups attached to an aromatic ring is 2. The zero-order chi connectivity index (χ0) is 45.8. The highest BCUT2D eigenvalue weighted by Crippen LogP contribution is 2.28. The average Bonchev–Trinajstić information content (AvgIpc) is 4.18. The number of ether oxygens (including phenoxy) is 1. The van der Waals surface area contributed by atoms with Crippen molar-refractivity contribution in [1.29, 1.82) is 0 Å². The predicted octanol–water partition coefficient (Wildman–Crippen LogP) is 3.96. The Morgan fingerprint density at radius 2 is 1.07 bits per heavy atom. The molecule has 10 rings (SSSR count). The number of pyridine rings is 1. The lowest BCUT2D eigenvalue weighted by Gasteiger charge is -2.23. The Bertz CT molecular complexity index is 2930. The summed E-state index contributed by atoms with van der Waals surface area (Å²) in [6.45, 7) is 3.90. The van der Waals surface area contributed by atoms with E-state index in [9.17, 15) is 0 Å². The van der Waals surface area contributed by atoms with Gasteiger partial charge in [-0.25, -0.2) is 29.9 Å². The Morgan fingerprint density at radius 3 is 1.60 bits per heavy atom. The number of methoxy groups -OCH3 is 1. The molecule has 0 unspecified atom stereocenters. The first-order chi connectivity index (χ1) is 31.4. The van der Waals surface area contributed by atoms with Crippen LogP contribution in [0.2, 0.25) is 0 Å². The number of aliphatic imine (C=N–C) groups is 3. The Labute approximate surface area is 391 Å². The van der Waals surface area contributed by atoms with Crippen LogP contribution >= 0.6 is 0 Å². The molecule has 23 heteroatoms. The molecule has 10 heterocycles. The summed E-state index contributed by atoms with van der Waals surface area (Å²) in [5.41, 5.74) is 23.6. The molecule has 3 radical (unpaired) electrons. The van der Waals surface area contributed by atoms with Crippen LogP contribution in [0.4, 0.5) is 46.0 Å². The van der Waals surface area contributed by atoms with Crippen LogP contribution in [0, 0.1) is 0 Å². The second kappa shape index (κ2) is 20.9.